The molecule has 182 valence electrons. The summed E-state index contributed by atoms with van der Waals surface area (Å²) in [5, 5.41) is 21.3. The van der Waals surface area contributed by atoms with Crippen LogP contribution in [0.25, 0.3) is 11.2 Å². The van der Waals surface area contributed by atoms with Gasteiger partial charge in [-0.25, -0.2) is 19.8 Å². The number of aromatic nitrogens is 4. The van der Waals surface area contributed by atoms with Crippen molar-refractivity contribution in [1.82, 2.24) is 25.3 Å². The lowest BCUT2D eigenvalue weighted by Crippen LogP contribution is -2.41. The summed E-state index contributed by atoms with van der Waals surface area (Å²) in [4.78, 5) is 76.8. The van der Waals surface area contributed by atoms with Crippen molar-refractivity contribution < 1.29 is 34.2 Å². The van der Waals surface area contributed by atoms with Crippen molar-refractivity contribution in [3.63, 3.8) is 0 Å². The molecule has 0 aliphatic heterocycles. The number of H-pyrrole nitrogens is 1. The molecule has 6 N–H and O–H groups in total. The van der Waals surface area contributed by atoms with E-state index in [1.54, 1.807) is 0 Å². The predicted molar refractivity (Wildman–Crippen MR) is 118 cm³/mol. The molecule has 0 radical (unpaired) electrons. The summed E-state index contributed by atoms with van der Waals surface area (Å²) in [5.41, 5.74) is 5.51. The third kappa shape index (κ3) is 6.25. The Labute approximate surface area is 195 Å². The van der Waals surface area contributed by atoms with E-state index < -0.39 is 35.9 Å². The van der Waals surface area contributed by atoms with Crippen LogP contribution in [0.4, 0.5) is 11.6 Å². The van der Waals surface area contributed by atoms with Gasteiger partial charge in [0.25, 0.3) is 11.5 Å². The molecule has 0 fully saturated rings. The van der Waals surface area contributed by atoms with Crippen LogP contribution in [-0.2, 0) is 25.8 Å². The van der Waals surface area contributed by atoms with Crippen molar-refractivity contribution in [2.45, 2.75) is 25.4 Å². The number of fused-ring (bicyclic) bond motifs is 1. The number of anilines is 2. The number of nitrogens with zero attached hydrogens (tertiary/aromatic N) is 4. The number of benzene rings is 1. The summed E-state index contributed by atoms with van der Waals surface area (Å²) >= 11 is 0. The first-order valence-corrected chi connectivity index (χ1v) is 9.93. The van der Waals surface area contributed by atoms with Gasteiger partial charge in [0.05, 0.1) is 17.6 Å². The number of amides is 1. The number of rotatable bonds is 11. The minimum atomic E-state index is -1.38. The minimum absolute atomic E-state index is 0.0382. The van der Waals surface area contributed by atoms with E-state index in [1.165, 1.54) is 30.5 Å². The van der Waals surface area contributed by atoms with Crippen LogP contribution in [0.1, 0.15) is 28.9 Å². The fourth-order valence-electron chi connectivity index (χ4n) is 2.98. The number of nitrogen functional groups attached to an aromatic ring is 1. The normalized spacial score (nSPS) is 11.4. The zero-order valence-electron chi connectivity index (χ0n) is 17.9. The van der Waals surface area contributed by atoms with Crippen LogP contribution in [0.2, 0.25) is 0 Å². The fraction of sp³-hybridized carbons (Fsp3) is 0.200. The average molecular weight is 485 g/mol. The SMILES string of the molecule is Nc1nc2ncc(CN(OC=O)c3ccc(C(=O)N[C@@H](CCC(=O)O)C(=O)O)cc3)nc2c(=O)[nH]1. The molecule has 0 spiro atoms. The molecule has 2 heterocycles. The molecule has 3 rings (SSSR count). The highest BCUT2D eigenvalue weighted by atomic mass is 16.7. The van der Waals surface area contributed by atoms with Gasteiger partial charge in [0, 0.05) is 12.0 Å². The van der Waals surface area contributed by atoms with Crippen molar-refractivity contribution in [2.24, 2.45) is 0 Å². The second kappa shape index (κ2) is 10.7. The van der Waals surface area contributed by atoms with Gasteiger partial charge in [-0.2, -0.15) is 4.98 Å². The van der Waals surface area contributed by atoms with Gasteiger partial charge in [-0.15, -0.1) is 0 Å². The topological polar surface area (TPSA) is 231 Å². The summed E-state index contributed by atoms with van der Waals surface area (Å²) in [5.74, 6) is -3.40. The van der Waals surface area contributed by atoms with E-state index in [4.69, 9.17) is 15.7 Å². The molecule has 0 aliphatic carbocycles. The standard InChI is InChI=1S/C20H19N7O8/c21-20-25-16-15(18(32)26-20)23-11(7-22-16)8-27(35-9-28)12-3-1-10(2-4-12)17(31)24-13(19(33)34)5-6-14(29)30/h1-4,7,9,13H,5-6,8H2,(H,24,31)(H,29,30)(H,33,34)(H3,21,22,25,26,32)/t13-/m0/s1. The Morgan fingerprint density at radius 1 is 1.20 bits per heavy atom. The Morgan fingerprint density at radius 2 is 1.91 bits per heavy atom. The molecule has 0 bridgehead atoms. The number of hydrogen-bond donors (Lipinski definition) is 5. The van der Waals surface area contributed by atoms with E-state index >= 15 is 0 Å². The van der Waals surface area contributed by atoms with Crippen molar-refractivity contribution in [3.05, 3.63) is 52.1 Å². The number of hydrogen-bond acceptors (Lipinski definition) is 11. The number of aliphatic carboxylic acids is 2. The maximum atomic E-state index is 12.4. The molecule has 2 aromatic heterocycles. The number of aromatic amines is 1. The quantitative estimate of drug-likeness (QED) is 0.169. The lowest BCUT2D eigenvalue weighted by molar-refractivity contribution is -0.140. The van der Waals surface area contributed by atoms with Crippen LogP contribution in [0.5, 0.6) is 0 Å². The van der Waals surface area contributed by atoms with E-state index in [1.807, 2.05) is 0 Å². The molecule has 1 aromatic carbocycles. The van der Waals surface area contributed by atoms with Crippen molar-refractivity contribution >= 4 is 47.1 Å². The van der Waals surface area contributed by atoms with Gasteiger partial charge in [0.1, 0.15) is 12.6 Å². The first kappa shape index (κ1) is 24.6. The number of carboxylic acid groups (broad SMARTS) is 2. The maximum Gasteiger partial charge on any atom is 0.326 e. The summed E-state index contributed by atoms with van der Waals surface area (Å²) < 4.78 is 0. The number of carbonyl (C=O) groups is 4. The van der Waals surface area contributed by atoms with Gasteiger partial charge in [0.2, 0.25) is 5.95 Å². The largest absolute Gasteiger partial charge is 0.481 e. The fourth-order valence-corrected chi connectivity index (χ4v) is 2.98. The first-order chi connectivity index (χ1) is 16.7. The monoisotopic (exact) mass is 485 g/mol. The van der Waals surface area contributed by atoms with Gasteiger partial charge >= 0.3 is 18.4 Å². The Hall–Kier alpha value is -5.08. The van der Waals surface area contributed by atoms with Gasteiger partial charge in [-0.1, -0.05) is 0 Å². The first-order valence-electron chi connectivity index (χ1n) is 9.93. The summed E-state index contributed by atoms with van der Waals surface area (Å²) in [7, 11) is 0. The molecule has 3 aromatic rings. The lowest BCUT2D eigenvalue weighted by atomic mass is 10.1. The minimum Gasteiger partial charge on any atom is -0.481 e. The third-order valence-corrected chi connectivity index (χ3v) is 4.63. The zero-order chi connectivity index (χ0) is 25.5. The zero-order valence-corrected chi connectivity index (χ0v) is 17.9. The van der Waals surface area contributed by atoms with E-state index in [-0.39, 0.29) is 47.8 Å². The van der Waals surface area contributed by atoms with Crippen LogP contribution in [-0.4, -0.2) is 60.5 Å². The molecule has 1 atom stereocenters. The smallest absolute Gasteiger partial charge is 0.326 e. The lowest BCUT2D eigenvalue weighted by Gasteiger charge is -2.21. The number of nitrogens with two attached hydrogens (primary N) is 1. The van der Waals surface area contributed by atoms with Crippen LogP contribution >= 0.6 is 0 Å². The van der Waals surface area contributed by atoms with Crippen molar-refractivity contribution in [3.8, 4) is 0 Å². The Kier molecular flexibility index (Phi) is 7.50. The molecule has 35 heavy (non-hydrogen) atoms. The number of nitrogens with one attached hydrogen (secondary N) is 2. The average Bonchev–Trinajstić information content (AvgIpc) is 2.81. The van der Waals surface area contributed by atoms with Crippen LogP contribution in [0.15, 0.2) is 35.3 Å². The Morgan fingerprint density at radius 3 is 2.54 bits per heavy atom. The van der Waals surface area contributed by atoms with Crippen LogP contribution in [0.3, 0.4) is 0 Å². The number of carboxylic acids is 2. The summed E-state index contributed by atoms with van der Waals surface area (Å²) in [6, 6.07) is 4.17. The van der Waals surface area contributed by atoms with Gasteiger partial charge in [-0.05, 0) is 30.7 Å². The summed E-state index contributed by atoms with van der Waals surface area (Å²) in [6.45, 7) is 0.0530. The molecule has 15 nitrogen and oxygen atoms in total. The van der Waals surface area contributed by atoms with Crippen LogP contribution < -0.4 is 21.7 Å². The van der Waals surface area contributed by atoms with Gasteiger partial charge in [0.15, 0.2) is 11.2 Å². The second-order valence-corrected chi connectivity index (χ2v) is 7.07. The van der Waals surface area contributed by atoms with Crippen molar-refractivity contribution in [2.75, 3.05) is 10.8 Å². The summed E-state index contributed by atoms with van der Waals surface area (Å²) in [6.07, 6.45) is 0.606. The number of hydroxylamine groups is 1. The number of carbonyl (C=O) groups excluding carboxylic acids is 2. The molecular weight excluding hydrogens is 466 g/mol. The van der Waals surface area contributed by atoms with E-state index in [0.717, 1.165) is 5.06 Å². The van der Waals surface area contributed by atoms with E-state index in [2.05, 4.69) is 25.3 Å². The van der Waals surface area contributed by atoms with Gasteiger partial charge < -0.3 is 26.1 Å². The second-order valence-electron chi connectivity index (χ2n) is 7.07. The van der Waals surface area contributed by atoms with Crippen molar-refractivity contribution in [1.29, 1.82) is 0 Å². The van der Waals surface area contributed by atoms with E-state index in [9.17, 15) is 29.1 Å². The molecule has 0 aliphatic rings. The maximum absolute atomic E-state index is 12.4. The highest BCUT2D eigenvalue weighted by Gasteiger charge is 2.22. The molecule has 1 amide bonds. The molecule has 0 saturated heterocycles. The highest BCUT2D eigenvalue weighted by Crippen LogP contribution is 2.18. The molecule has 0 saturated carbocycles. The predicted octanol–water partition coefficient (Wildman–Crippen LogP) is -0.562. The Bertz CT molecular complexity index is 1330. The third-order valence-electron chi connectivity index (χ3n) is 4.63. The molecule has 15 heteroatoms. The molecular formula is C20H19N7O8. The highest BCUT2D eigenvalue weighted by molar-refractivity contribution is 5.97. The van der Waals surface area contributed by atoms with Gasteiger partial charge in [-0.3, -0.25) is 24.2 Å². The van der Waals surface area contributed by atoms with E-state index in [0.29, 0.717) is 5.69 Å². The molecule has 0 unspecified atom stereocenters. The van der Waals surface area contributed by atoms with Crippen LogP contribution in [0, 0.1) is 0 Å². The Balaban J connectivity index is 1.76.